The summed E-state index contributed by atoms with van der Waals surface area (Å²) >= 11 is 2.90. The lowest BCUT2D eigenvalue weighted by atomic mass is 10.2. The number of nitrogens with one attached hydrogen (secondary N) is 2. The van der Waals surface area contributed by atoms with Crippen molar-refractivity contribution in [3.63, 3.8) is 0 Å². The van der Waals surface area contributed by atoms with Crippen LogP contribution in [0.2, 0.25) is 0 Å². The molecule has 1 heterocycles. The molecule has 1 aromatic heterocycles. The molecule has 1 aliphatic rings. The number of amides is 2. The molecule has 1 aliphatic carbocycles. The fourth-order valence-corrected chi connectivity index (χ4v) is 4.32. The second-order valence-electron chi connectivity index (χ2n) is 6.78. The van der Waals surface area contributed by atoms with Crippen molar-refractivity contribution in [1.29, 1.82) is 0 Å². The Hall–Kier alpha value is -2.91. The predicted octanol–water partition coefficient (Wildman–Crippen LogP) is 4.20. The van der Waals surface area contributed by atoms with Crippen LogP contribution in [0.3, 0.4) is 0 Å². The quantitative estimate of drug-likeness (QED) is 0.383. The Bertz CT molecular complexity index is 1020. The van der Waals surface area contributed by atoms with Gasteiger partial charge in [0.05, 0.1) is 0 Å². The van der Waals surface area contributed by atoms with E-state index in [0.717, 1.165) is 22.9 Å². The largest absolute Gasteiger partial charge is 0.484 e. The van der Waals surface area contributed by atoms with Gasteiger partial charge in [-0.25, -0.2) is 0 Å². The minimum Gasteiger partial charge on any atom is -0.484 e. The molecular weight excluding hydrogens is 420 g/mol. The Morgan fingerprint density at radius 1 is 1.07 bits per heavy atom. The molecule has 2 aromatic carbocycles. The summed E-state index contributed by atoms with van der Waals surface area (Å²) in [5.41, 5.74) is 1.86. The number of hydrogen-bond acceptors (Lipinski definition) is 7. The monoisotopic (exact) mass is 440 g/mol. The minimum atomic E-state index is -0.321. The van der Waals surface area contributed by atoms with Crippen LogP contribution in [-0.4, -0.2) is 28.6 Å². The van der Waals surface area contributed by atoms with E-state index in [2.05, 4.69) is 33.0 Å². The zero-order valence-electron chi connectivity index (χ0n) is 16.0. The van der Waals surface area contributed by atoms with E-state index < -0.39 is 0 Å². The molecule has 0 unspecified atom stereocenters. The molecule has 0 atom stereocenters. The van der Waals surface area contributed by atoms with Crippen LogP contribution in [0.5, 0.6) is 5.75 Å². The van der Waals surface area contributed by atoms with Gasteiger partial charge < -0.3 is 10.1 Å². The summed E-state index contributed by atoms with van der Waals surface area (Å²) in [4.78, 5) is 24.0. The van der Waals surface area contributed by atoms with Gasteiger partial charge in [-0.2, -0.15) is 0 Å². The first kappa shape index (κ1) is 20.4. The first-order chi connectivity index (χ1) is 14.7. The van der Waals surface area contributed by atoms with Crippen LogP contribution in [0.25, 0.3) is 0 Å². The fraction of sp³-hybridized carbons (Fsp3) is 0.238. The van der Waals surface area contributed by atoms with Crippen LogP contribution >= 0.6 is 23.1 Å². The molecule has 9 heteroatoms. The number of nitrogens with zero attached hydrogens (tertiary/aromatic N) is 2. The van der Waals surface area contributed by atoms with Gasteiger partial charge in [-0.15, -0.1) is 10.2 Å². The molecule has 3 aromatic rings. The number of rotatable bonds is 9. The van der Waals surface area contributed by atoms with Crippen molar-refractivity contribution in [2.45, 2.75) is 22.9 Å². The SMILES string of the molecule is O=C(COc1cccc(NC(=O)C2CC2)c1)Nc1nnc(SCc2ccccc2)s1. The number of anilines is 2. The number of thioether (sulfide) groups is 1. The van der Waals surface area contributed by atoms with Crippen molar-refractivity contribution >= 4 is 45.7 Å². The molecule has 1 saturated carbocycles. The molecule has 0 bridgehead atoms. The molecule has 30 heavy (non-hydrogen) atoms. The maximum atomic E-state index is 12.2. The van der Waals surface area contributed by atoms with Crippen LogP contribution in [0.4, 0.5) is 10.8 Å². The molecule has 0 spiro atoms. The summed E-state index contributed by atoms with van der Waals surface area (Å²) in [7, 11) is 0. The average molecular weight is 441 g/mol. The molecule has 1 fully saturated rings. The normalized spacial score (nSPS) is 12.9. The molecule has 0 saturated heterocycles. The molecule has 4 rings (SSSR count). The van der Waals surface area contributed by atoms with Crippen molar-refractivity contribution in [1.82, 2.24) is 10.2 Å². The number of carbonyl (C=O) groups is 2. The summed E-state index contributed by atoms with van der Waals surface area (Å²) in [6.07, 6.45) is 1.89. The third kappa shape index (κ3) is 6.04. The number of ether oxygens (including phenoxy) is 1. The van der Waals surface area contributed by atoms with Crippen molar-refractivity contribution in [3.8, 4) is 5.75 Å². The zero-order valence-corrected chi connectivity index (χ0v) is 17.7. The molecule has 2 N–H and O–H groups in total. The lowest BCUT2D eigenvalue weighted by Crippen LogP contribution is -2.20. The van der Waals surface area contributed by atoms with Gasteiger partial charge in [0, 0.05) is 23.4 Å². The summed E-state index contributed by atoms with van der Waals surface area (Å²) in [6.45, 7) is -0.161. The molecule has 154 valence electrons. The second-order valence-corrected chi connectivity index (χ2v) is 8.98. The van der Waals surface area contributed by atoms with Crippen LogP contribution in [0.15, 0.2) is 58.9 Å². The van der Waals surface area contributed by atoms with Gasteiger partial charge in [0.2, 0.25) is 11.0 Å². The Morgan fingerprint density at radius 2 is 1.90 bits per heavy atom. The van der Waals surface area contributed by atoms with Gasteiger partial charge in [0.25, 0.3) is 5.91 Å². The van der Waals surface area contributed by atoms with Crippen LogP contribution in [-0.2, 0) is 15.3 Å². The minimum absolute atomic E-state index is 0.0297. The molecule has 2 amide bonds. The number of benzene rings is 2. The highest BCUT2D eigenvalue weighted by Crippen LogP contribution is 2.31. The van der Waals surface area contributed by atoms with Gasteiger partial charge in [-0.05, 0) is 30.5 Å². The van der Waals surface area contributed by atoms with E-state index in [-0.39, 0.29) is 24.3 Å². The van der Waals surface area contributed by atoms with Crippen LogP contribution in [0, 0.1) is 5.92 Å². The lowest BCUT2D eigenvalue weighted by Gasteiger charge is -2.08. The Labute approximate surface area is 182 Å². The van der Waals surface area contributed by atoms with Crippen LogP contribution in [0.1, 0.15) is 18.4 Å². The highest BCUT2D eigenvalue weighted by Gasteiger charge is 2.29. The smallest absolute Gasteiger partial charge is 0.264 e. The maximum Gasteiger partial charge on any atom is 0.264 e. The predicted molar refractivity (Wildman–Crippen MR) is 118 cm³/mol. The summed E-state index contributed by atoms with van der Waals surface area (Å²) in [5.74, 6) is 1.14. The van der Waals surface area contributed by atoms with E-state index in [1.807, 2.05) is 18.2 Å². The molecular formula is C21H20N4O3S2. The van der Waals surface area contributed by atoms with E-state index in [4.69, 9.17) is 4.74 Å². The van der Waals surface area contributed by atoms with E-state index in [1.165, 1.54) is 16.9 Å². The first-order valence-electron chi connectivity index (χ1n) is 9.49. The van der Waals surface area contributed by atoms with Gasteiger partial charge in [-0.3, -0.25) is 14.9 Å². The van der Waals surface area contributed by atoms with Crippen molar-refractivity contribution in [3.05, 3.63) is 60.2 Å². The summed E-state index contributed by atoms with van der Waals surface area (Å²) < 4.78 is 6.32. The molecule has 7 nitrogen and oxygen atoms in total. The third-order valence-corrected chi connectivity index (χ3v) is 6.32. The highest BCUT2D eigenvalue weighted by molar-refractivity contribution is 8.00. The van der Waals surface area contributed by atoms with Gasteiger partial charge >= 0.3 is 0 Å². The topological polar surface area (TPSA) is 93.2 Å². The number of hydrogen-bond donors (Lipinski definition) is 2. The third-order valence-electron chi connectivity index (χ3n) is 4.28. The van der Waals surface area contributed by atoms with E-state index in [9.17, 15) is 9.59 Å². The fourth-order valence-electron chi connectivity index (χ4n) is 2.60. The Kier molecular flexibility index (Phi) is 6.60. The van der Waals surface area contributed by atoms with Gasteiger partial charge in [-0.1, -0.05) is 59.5 Å². The van der Waals surface area contributed by atoms with E-state index in [0.29, 0.717) is 16.6 Å². The van der Waals surface area contributed by atoms with Gasteiger partial charge in [0.15, 0.2) is 10.9 Å². The summed E-state index contributed by atoms with van der Waals surface area (Å²) in [5, 5.41) is 14.1. The van der Waals surface area contributed by atoms with Crippen LogP contribution < -0.4 is 15.4 Å². The number of aromatic nitrogens is 2. The zero-order chi connectivity index (χ0) is 20.8. The van der Waals surface area contributed by atoms with Gasteiger partial charge in [0.1, 0.15) is 5.75 Å². The standard InChI is InChI=1S/C21H20N4O3S2/c26-18(12-28-17-8-4-7-16(11-17)22-19(27)15-9-10-15)23-20-24-25-21(30-20)29-13-14-5-2-1-3-6-14/h1-8,11,15H,9-10,12-13H2,(H,22,27)(H,23,24,26). The number of carbonyl (C=O) groups excluding carboxylic acids is 2. The second kappa shape index (κ2) is 9.73. The average Bonchev–Trinajstić information content (AvgIpc) is 3.52. The highest BCUT2D eigenvalue weighted by atomic mass is 32.2. The molecule has 0 radical (unpaired) electrons. The van der Waals surface area contributed by atoms with Crippen molar-refractivity contribution in [2.75, 3.05) is 17.2 Å². The summed E-state index contributed by atoms with van der Waals surface area (Å²) in [6, 6.07) is 17.1. The Morgan fingerprint density at radius 3 is 2.70 bits per heavy atom. The maximum absolute atomic E-state index is 12.2. The van der Waals surface area contributed by atoms with E-state index >= 15 is 0 Å². The lowest BCUT2D eigenvalue weighted by molar-refractivity contribution is -0.118. The molecule has 0 aliphatic heterocycles. The Balaban J connectivity index is 1.23. The van der Waals surface area contributed by atoms with Crippen molar-refractivity contribution < 1.29 is 14.3 Å². The first-order valence-corrected chi connectivity index (χ1v) is 11.3. The van der Waals surface area contributed by atoms with E-state index in [1.54, 1.807) is 36.0 Å². The van der Waals surface area contributed by atoms with Crippen molar-refractivity contribution in [2.24, 2.45) is 5.92 Å².